The number of carbonyl (C=O) groups excluding carboxylic acids is 1. The van der Waals surface area contributed by atoms with Crippen LogP contribution in [0.5, 0.6) is 5.75 Å². The average molecular weight is 354 g/mol. The van der Waals surface area contributed by atoms with Crippen LogP contribution in [0, 0.1) is 0 Å². The van der Waals surface area contributed by atoms with E-state index in [1.54, 1.807) is 4.90 Å². The van der Waals surface area contributed by atoms with E-state index in [-0.39, 0.29) is 6.03 Å². The van der Waals surface area contributed by atoms with Crippen molar-refractivity contribution < 1.29 is 9.53 Å². The number of amides is 2. The molecule has 5 nitrogen and oxygen atoms in total. The molecule has 21 heavy (non-hydrogen) atoms. The van der Waals surface area contributed by atoms with Crippen LogP contribution in [0.3, 0.4) is 0 Å². The maximum Gasteiger partial charge on any atom is 0.317 e. The minimum absolute atomic E-state index is 0.00466. The van der Waals surface area contributed by atoms with Gasteiger partial charge in [-0.25, -0.2) is 4.79 Å². The molecule has 0 unspecified atom stereocenters. The fourth-order valence-corrected chi connectivity index (χ4v) is 2.77. The fraction of sp³-hybridized carbons (Fsp3) is 0.533. The zero-order chi connectivity index (χ0) is 14.7. The van der Waals surface area contributed by atoms with Gasteiger partial charge in [0, 0.05) is 35.7 Å². The Balaban J connectivity index is 1.54. The second kappa shape index (κ2) is 6.66. The normalized spacial score (nSPS) is 18.0. The molecule has 0 bridgehead atoms. The van der Waals surface area contributed by atoms with Crippen LogP contribution in [-0.2, 0) is 6.54 Å². The molecule has 2 amide bonds. The molecule has 1 heterocycles. The number of nitrogens with one attached hydrogen (secondary N) is 2. The molecule has 1 saturated carbocycles. The van der Waals surface area contributed by atoms with Crippen molar-refractivity contribution >= 4 is 22.0 Å². The molecule has 1 saturated heterocycles. The summed E-state index contributed by atoms with van der Waals surface area (Å²) < 4.78 is 6.93. The van der Waals surface area contributed by atoms with Crippen LogP contribution in [0.25, 0.3) is 0 Å². The highest BCUT2D eigenvalue weighted by Gasteiger charge is 2.21. The van der Waals surface area contributed by atoms with Gasteiger partial charge in [-0.3, -0.25) is 0 Å². The van der Waals surface area contributed by atoms with Crippen molar-refractivity contribution in [3.63, 3.8) is 0 Å². The van der Waals surface area contributed by atoms with Crippen molar-refractivity contribution in [3.8, 4) is 5.75 Å². The molecule has 6 heteroatoms. The first-order valence-electron chi connectivity index (χ1n) is 7.40. The molecule has 1 aromatic carbocycles. The second-order valence-electron chi connectivity index (χ2n) is 5.47. The Morgan fingerprint density at radius 1 is 1.43 bits per heavy atom. The molecular weight excluding hydrogens is 334 g/mol. The van der Waals surface area contributed by atoms with Crippen molar-refractivity contribution in [2.45, 2.75) is 25.4 Å². The van der Waals surface area contributed by atoms with E-state index in [1.165, 1.54) is 12.8 Å². The maximum absolute atomic E-state index is 11.5. The van der Waals surface area contributed by atoms with Crippen molar-refractivity contribution in [2.24, 2.45) is 0 Å². The standard InChI is InChI=1S/C15H20BrN3O2/c16-12-1-4-14(11(9-12)10-18-13-2-3-13)21-8-7-19-6-5-17-15(19)20/h1,4,9,13,18H,2-3,5-8,10H2,(H,17,20). The summed E-state index contributed by atoms with van der Waals surface area (Å²) in [6, 6.07) is 6.74. The molecule has 1 aliphatic carbocycles. The summed E-state index contributed by atoms with van der Waals surface area (Å²) in [6.07, 6.45) is 2.54. The van der Waals surface area contributed by atoms with Gasteiger partial charge in [0.1, 0.15) is 12.4 Å². The molecule has 1 aliphatic heterocycles. The highest BCUT2D eigenvalue weighted by atomic mass is 79.9. The van der Waals surface area contributed by atoms with Gasteiger partial charge in [0.05, 0.1) is 6.54 Å². The number of benzene rings is 1. The van der Waals surface area contributed by atoms with Gasteiger partial charge in [-0.05, 0) is 31.0 Å². The van der Waals surface area contributed by atoms with E-state index in [1.807, 2.05) is 12.1 Å². The lowest BCUT2D eigenvalue weighted by atomic mass is 10.2. The number of urea groups is 1. The maximum atomic E-state index is 11.5. The summed E-state index contributed by atoms with van der Waals surface area (Å²) in [5, 5.41) is 6.30. The first kappa shape index (κ1) is 14.7. The quantitative estimate of drug-likeness (QED) is 0.789. The molecule has 0 radical (unpaired) electrons. The average Bonchev–Trinajstić information content (AvgIpc) is 3.21. The molecule has 3 rings (SSSR count). The summed E-state index contributed by atoms with van der Waals surface area (Å²) in [4.78, 5) is 13.2. The van der Waals surface area contributed by atoms with E-state index in [0.29, 0.717) is 19.2 Å². The largest absolute Gasteiger partial charge is 0.491 e. The van der Waals surface area contributed by atoms with Crippen molar-refractivity contribution in [2.75, 3.05) is 26.2 Å². The Morgan fingerprint density at radius 3 is 3.00 bits per heavy atom. The van der Waals surface area contributed by atoms with Gasteiger partial charge >= 0.3 is 6.03 Å². The molecule has 0 atom stereocenters. The Bertz CT molecular complexity index is 520. The van der Waals surface area contributed by atoms with Gasteiger partial charge in [0.2, 0.25) is 0 Å². The predicted octanol–water partition coefficient (Wildman–Crippen LogP) is 2.11. The number of carbonyl (C=O) groups is 1. The van der Waals surface area contributed by atoms with Gasteiger partial charge in [0.25, 0.3) is 0 Å². The van der Waals surface area contributed by atoms with Crippen LogP contribution in [0.15, 0.2) is 22.7 Å². The highest BCUT2D eigenvalue weighted by Crippen LogP contribution is 2.25. The lowest BCUT2D eigenvalue weighted by Gasteiger charge is -2.16. The Hall–Kier alpha value is -1.27. The zero-order valence-corrected chi connectivity index (χ0v) is 13.5. The van der Waals surface area contributed by atoms with Crippen LogP contribution < -0.4 is 15.4 Å². The smallest absolute Gasteiger partial charge is 0.317 e. The van der Waals surface area contributed by atoms with Crippen LogP contribution in [0.2, 0.25) is 0 Å². The highest BCUT2D eigenvalue weighted by molar-refractivity contribution is 9.10. The number of nitrogens with zero attached hydrogens (tertiary/aromatic N) is 1. The van der Waals surface area contributed by atoms with Crippen molar-refractivity contribution in [3.05, 3.63) is 28.2 Å². The van der Waals surface area contributed by atoms with E-state index in [2.05, 4.69) is 32.6 Å². The van der Waals surface area contributed by atoms with Gasteiger partial charge in [-0.1, -0.05) is 15.9 Å². The Morgan fingerprint density at radius 2 is 2.29 bits per heavy atom. The lowest BCUT2D eigenvalue weighted by Crippen LogP contribution is -2.32. The first-order valence-corrected chi connectivity index (χ1v) is 8.19. The SMILES string of the molecule is O=C1NCCN1CCOc1ccc(Br)cc1CNC1CC1. The van der Waals surface area contributed by atoms with E-state index in [0.717, 1.165) is 35.4 Å². The fourth-order valence-electron chi connectivity index (χ4n) is 2.36. The monoisotopic (exact) mass is 353 g/mol. The summed E-state index contributed by atoms with van der Waals surface area (Å²) >= 11 is 3.50. The van der Waals surface area contributed by atoms with Gasteiger partial charge in [-0.2, -0.15) is 0 Å². The topological polar surface area (TPSA) is 53.6 Å². The van der Waals surface area contributed by atoms with E-state index >= 15 is 0 Å². The molecule has 2 fully saturated rings. The molecule has 114 valence electrons. The van der Waals surface area contributed by atoms with Crippen LogP contribution in [0.1, 0.15) is 18.4 Å². The van der Waals surface area contributed by atoms with Crippen LogP contribution in [0.4, 0.5) is 4.79 Å². The molecule has 0 aromatic heterocycles. The molecule has 0 spiro atoms. The summed E-state index contributed by atoms with van der Waals surface area (Å²) in [7, 11) is 0. The predicted molar refractivity (Wildman–Crippen MR) is 84.5 cm³/mol. The summed E-state index contributed by atoms with van der Waals surface area (Å²) in [5.74, 6) is 0.894. The third kappa shape index (κ3) is 4.11. The van der Waals surface area contributed by atoms with E-state index < -0.39 is 0 Å². The lowest BCUT2D eigenvalue weighted by molar-refractivity contribution is 0.202. The minimum Gasteiger partial charge on any atom is -0.491 e. The number of hydrogen-bond acceptors (Lipinski definition) is 3. The minimum atomic E-state index is 0.00466. The Labute approximate surface area is 133 Å². The van der Waals surface area contributed by atoms with Gasteiger partial charge in [0.15, 0.2) is 0 Å². The second-order valence-corrected chi connectivity index (χ2v) is 6.39. The molecular formula is C15H20BrN3O2. The summed E-state index contributed by atoms with van der Waals surface area (Å²) in [5.41, 5.74) is 1.15. The van der Waals surface area contributed by atoms with Crippen LogP contribution in [-0.4, -0.2) is 43.2 Å². The Kier molecular flexibility index (Phi) is 4.65. The zero-order valence-electron chi connectivity index (χ0n) is 11.9. The first-order chi connectivity index (χ1) is 10.2. The third-order valence-electron chi connectivity index (χ3n) is 3.75. The molecule has 2 N–H and O–H groups in total. The number of ether oxygens (including phenoxy) is 1. The number of rotatable bonds is 7. The molecule has 1 aromatic rings. The van der Waals surface area contributed by atoms with Crippen molar-refractivity contribution in [1.29, 1.82) is 0 Å². The van der Waals surface area contributed by atoms with E-state index in [4.69, 9.17) is 4.74 Å². The molecule has 2 aliphatic rings. The van der Waals surface area contributed by atoms with Gasteiger partial charge < -0.3 is 20.3 Å². The third-order valence-corrected chi connectivity index (χ3v) is 4.24. The summed E-state index contributed by atoms with van der Waals surface area (Å²) in [6.45, 7) is 3.46. The number of halogens is 1. The van der Waals surface area contributed by atoms with Gasteiger partial charge in [-0.15, -0.1) is 0 Å². The van der Waals surface area contributed by atoms with Crippen LogP contribution >= 0.6 is 15.9 Å². The van der Waals surface area contributed by atoms with E-state index in [9.17, 15) is 4.79 Å². The van der Waals surface area contributed by atoms with Crippen molar-refractivity contribution in [1.82, 2.24) is 15.5 Å². The number of hydrogen-bond donors (Lipinski definition) is 2.